The number of benzene rings is 2. The minimum atomic E-state index is -0.674. The number of nitrogens with one attached hydrogen (secondary N) is 1. The molecule has 2 saturated carbocycles. The van der Waals surface area contributed by atoms with Gasteiger partial charge in [-0.05, 0) is 37.3 Å². The molecule has 3 heteroatoms. The third-order valence-electron chi connectivity index (χ3n) is 6.32. The number of hydrogen-bond acceptors (Lipinski definition) is 1. The van der Waals surface area contributed by atoms with Gasteiger partial charge in [-0.3, -0.25) is 4.79 Å². The van der Waals surface area contributed by atoms with E-state index in [0.29, 0.717) is 12.1 Å². The zero-order chi connectivity index (χ0) is 17.3. The Morgan fingerprint density at radius 2 is 1.56 bits per heavy atom. The number of amides is 1. The van der Waals surface area contributed by atoms with Gasteiger partial charge in [-0.25, -0.2) is 4.39 Å². The van der Waals surface area contributed by atoms with E-state index in [1.54, 1.807) is 12.1 Å². The lowest BCUT2D eigenvalue weighted by Gasteiger charge is -2.45. The maximum atomic E-state index is 14.3. The molecule has 0 atom stereocenters. The summed E-state index contributed by atoms with van der Waals surface area (Å²) in [6.07, 6.45) is 5.85. The van der Waals surface area contributed by atoms with Gasteiger partial charge in [-0.2, -0.15) is 0 Å². The summed E-state index contributed by atoms with van der Waals surface area (Å²) in [5.74, 6) is -0.273. The third kappa shape index (κ3) is 2.66. The molecule has 2 nitrogen and oxygen atoms in total. The minimum Gasteiger partial charge on any atom is -0.354 e. The highest BCUT2D eigenvalue weighted by molar-refractivity contribution is 5.89. The first-order valence-corrected chi connectivity index (χ1v) is 9.25. The third-order valence-corrected chi connectivity index (χ3v) is 6.32. The standard InChI is InChI=1S/C22H24FNO/c23-19-11-5-4-10-18(19)22(14-7-15-22)20(25)24-16-21(12-6-13-21)17-8-2-1-3-9-17/h1-5,8-11H,6-7,12-16H2,(H,24,25). The van der Waals surface area contributed by atoms with Crippen molar-refractivity contribution in [2.24, 2.45) is 0 Å². The first-order chi connectivity index (χ1) is 12.2. The van der Waals surface area contributed by atoms with Crippen molar-refractivity contribution in [2.45, 2.75) is 49.4 Å². The van der Waals surface area contributed by atoms with E-state index < -0.39 is 5.41 Å². The Balaban J connectivity index is 1.53. The van der Waals surface area contributed by atoms with Crippen molar-refractivity contribution in [3.8, 4) is 0 Å². The summed E-state index contributed by atoms with van der Waals surface area (Å²) in [5.41, 5.74) is 1.24. The van der Waals surface area contributed by atoms with Crippen LogP contribution >= 0.6 is 0 Å². The van der Waals surface area contributed by atoms with Crippen molar-refractivity contribution in [2.75, 3.05) is 6.54 Å². The Hall–Kier alpha value is -2.16. The molecule has 0 aromatic heterocycles. The molecule has 0 unspecified atom stereocenters. The Labute approximate surface area is 148 Å². The molecule has 2 aromatic rings. The highest BCUT2D eigenvalue weighted by Gasteiger charge is 2.48. The fraction of sp³-hybridized carbons (Fsp3) is 0.409. The number of hydrogen-bond donors (Lipinski definition) is 1. The number of rotatable bonds is 5. The van der Waals surface area contributed by atoms with Gasteiger partial charge in [0.1, 0.15) is 5.82 Å². The van der Waals surface area contributed by atoms with Crippen LogP contribution in [-0.2, 0) is 15.6 Å². The molecule has 4 rings (SSSR count). The van der Waals surface area contributed by atoms with Gasteiger partial charge in [0.15, 0.2) is 0 Å². The Morgan fingerprint density at radius 1 is 0.920 bits per heavy atom. The minimum absolute atomic E-state index is 0.00828. The first kappa shape index (κ1) is 16.3. The summed E-state index contributed by atoms with van der Waals surface area (Å²) < 4.78 is 14.3. The molecule has 1 amide bonds. The summed E-state index contributed by atoms with van der Waals surface area (Å²) in [6, 6.07) is 17.2. The van der Waals surface area contributed by atoms with Crippen molar-refractivity contribution in [3.05, 3.63) is 71.5 Å². The van der Waals surface area contributed by atoms with Gasteiger partial charge in [0.05, 0.1) is 5.41 Å². The van der Waals surface area contributed by atoms with Crippen LogP contribution in [0.1, 0.15) is 49.7 Å². The van der Waals surface area contributed by atoms with Crippen molar-refractivity contribution in [3.63, 3.8) is 0 Å². The Bertz CT molecular complexity index is 763. The molecule has 0 aliphatic heterocycles. The van der Waals surface area contributed by atoms with Crippen LogP contribution in [0.15, 0.2) is 54.6 Å². The zero-order valence-electron chi connectivity index (χ0n) is 14.4. The second-order valence-corrected chi connectivity index (χ2v) is 7.60. The molecule has 1 N–H and O–H groups in total. The van der Waals surface area contributed by atoms with Crippen LogP contribution in [0.3, 0.4) is 0 Å². The lowest BCUT2D eigenvalue weighted by Crippen LogP contribution is -2.54. The van der Waals surface area contributed by atoms with Crippen LogP contribution in [0.2, 0.25) is 0 Å². The molecule has 130 valence electrons. The summed E-state index contributed by atoms with van der Waals surface area (Å²) in [5, 5.41) is 3.19. The van der Waals surface area contributed by atoms with Crippen molar-refractivity contribution >= 4 is 5.91 Å². The average molecular weight is 337 g/mol. The normalized spacial score (nSPS) is 20.2. The van der Waals surface area contributed by atoms with Crippen molar-refractivity contribution in [1.29, 1.82) is 0 Å². The van der Waals surface area contributed by atoms with E-state index in [4.69, 9.17) is 0 Å². The molecule has 0 bridgehead atoms. The summed E-state index contributed by atoms with van der Waals surface area (Å²) in [4.78, 5) is 13.0. The van der Waals surface area contributed by atoms with E-state index >= 15 is 0 Å². The monoisotopic (exact) mass is 337 g/mol. The summed E-state index contributed by atoms with van der Waals surface area (Å²) in [6.45, 7) is 0.645. The number of carbonyl (C=O) groups is 1. The van der Waals surface area contributed by atoms with E-state index in [2.05, 4.69) is 29.6 Å². The van der Waals surface area contributed by atoms with E-state index in [-0.39, 0.29) is 17.1 Å². The maximum Gasteiger partial charge on any atom is 0.230 e. The van der Waals surface area contributed by atoms with Crippen LogP contribution in [0.5, 0.6) is 0 Å². The molecule has 0 radical (unpaired) electrons. The SMILES string of the molecule is O=C(NCC1(c2ccccc2)CCC1)C1(c2ccccc2F)CCC1. The summed E-state index contributed by atoms with van der Waals surface area (Å²) >= 11 is 0. The zero-order valence-corrected chi connectivity index (χ0v) is 14.4. The Kier molecular flexibility index (Phi) is 4.10. The summed E-state index contributed by atoms with van der Waals surface area (Å²) in [7, 11) is 0. The predicted molar refractivity (Wildman–Crippen MR) is 96.9 cm³/mol. The van der Waals surface area contributed by atoms with Crippen LogP contribution in [-0.4, -0.2) is 12.5 Å². The van der Waals surface area contributed by atoms with E-state index in [9.17, 15) is 9.18 Å². The molecule has 2 fully saturated rings. The van der Waals surface area contributed by atoms with Gasteiger partial charge < -0.3 is 5.32 Å². The van der Waals surface area contributed by atoms with Crippen LogP contribution in [0.25, 0.3) is 0 Å². The lowest BCUT2D eigenvalue weighted by atomic mass is 9.62. The van der Waals surface area contributed by atoms with Gasteiger partial charge in [0, 0.05) is 17.5 Å². The fourth-order valence-corrected chi connectivity index (χ4v) is 4.38. The van der Waals surface area contributed by atoms with Crippen LogP contribution < -0.4 is 5.32 Å². The predicted octanol–water partition coefficient (Wildman–Crippen LogP) is 4.49. The largest absolute Gasteiger partial charge is 0.354 e. The highest BCUT2D eigenvalue weighted by Crippen LogP contribution is 2.46. The smallest absolute Gasteiger partial charge is 0.230 e. The number of carbonyl (C=O) groups excluding carboxylic acids is 1. The van der Waals surface area contributed by atoms with Gasteiger partial charge in [-0.15, -0.1) is 0 Å². The van der Waals surface area contributed by atoms with Gasteiger partial charge in [-0.1, -0.05) is 61.4 Å². The molecule has 0 saturated heterocycles. The topological polar surface area (TPSA) is 29.1 Å². The van der Waals surface area contributed by atoms with Crippen LogP contribution in [0, 0.1) is 5.82 Å². The van der Waals surface area contributed by atoms with E-state index in [0.717, 1.165) is 32.1 Å². The molecule has 2 aliphatic carbocycles. The van der Waals surface area contributed by atoms with Crippen LogP contribution in [0.4, 0.5) is 4.39 Å². The number of halogens is 1. The lowest BCUT2D eigenvalue weighted by molar-refractivity contribution is -0.130. The van der Waals surface area contributed by atoms with Gasteiger partial charge in [0.25, 0.3) is 0 Å². The highest BCUT2D eigenvalue weighted by atomic mass is 19.1. The molecule has 0 spiro atoms. The molecule has 25 heavy (non-hydrogen) atoms. The van der Waals surface area contributed by atoms with Gasteiger partial charge in [0.2, 0.25) is 5.91 Å². The molecule has 2 aromatic carbocycles. The fourth-order valence-electron chi connectivity index (χ4n) is 4.38. The second kappa shape index (κ2) is 6.29. The first-order valence-electron chi connectivity index (χ1n) is 9.25. The van der Waals surface area contributed by atoms with E-state index in [1.165, 1.54) is 18.1 Å². The van der Waals surface area contributed by atoms with Crippen molar-refractivity contribution in [1.82, 2.24) is 5.32 Å². The second-order valence-electron chi connectivity index (χ2n) is 7.60. The van der Waals surface area contributed by atoms with Crippen molar-refractivity contribution < 1.29 is 9.18 Å². The van der Waals surface area contributed by atoms with E-state index in [1.807, 2.05) is 12.1 Å². The molecular weight excluding hydrogens is 313 g/mol. The average Bonchev–Trinajstić information content (AvgIpc) is 2.56. The molecule has 0 heterocycles. The molecule has 2 aliphatic rings. The quantitative estimate of drug-likeness (QED) is 0.856. The Morgan fingerprint density at radius 3 is 2.12 bits per heavy atom. The molecular formula is C22H24FNO. The maximum absolute atomic E-state index is 14.3. The van der Waals surface area contributed by atoms with Gasteiger partial charge >= 0.3 is 0 Å².